The van der Waals surface area contributed by atoms with E-state index in [9.17, 15) is 4.39 Å². The van der Waals surface area contributed by atoms with E-state index in [0.717, 1.165) is 28.3 Å². The highest BCUT2D eigenvalue weighted by atomic mass is 19.1. The molecule has 0 bridgehead atoms. The van der Waals surface area contributed by atoms with Gasteiger partial charge in [0.25, 0.3) is 0 Å². The topological polar surface area (TPSA) is 52.2 Å². The van der Waals surface area contributed by atoms with Crippen molar-refractivity contribution in [3.8, 4) is 23.0 Å². The summed E-state index contributed by atoms with van der Waals surface area (Å²) in [6, 6.07) is 17.7. The first-order valence-electron chi connectivity index (χ1n) is 10.1. The lowest BCUT2D eigenvalue weighted by Gasteiger charge is -2.28. The fourth-order valence-corrected chi connectivity index (χ4v) is 3.74. The van der Waals surface area contributed by atoms with Gasteiger partial charge >= 0.3 is 0 Å². The monoisotopic (exact) mass is 436 g/mol. The van der Waals surface area contributed by atoms with Gasteiger partial charge in [0.05, 0.1) is 45.9 Å². The molecule has 166 valence electrons. The van der Waals surface area contributed by atoms with Crippen LogP contribution in [0.15, 0.2) is 66.7 Å². The predicted molar refractivity (Wildman–Crippen MR) is 122 cm³/mol. The average molecular weight is 436 g/mol. The fourth-order valence-electron chi connectivity index (χ4n) is 3.74. The van der Waals surface area contributed by atoms with Crippen molar-refractivity contribution in [2.75, 3.05) is 33.4 Å². The first kappa shape index (κ1) is 21.4. The molecule has 1 aliphatic heterocycles. The summed E-state index contributed by atoms with van der Waals surface area (Å²) >= 11 is 0. The summed E-state index contributed by atoms with van der Waals surface area (Å²) in [5, 5.41) is 1.97. The lowest BCUT2D eigenvalue weighted by atomic mass is 10.0. The van der Waals surface area contributed by atoms with Crippen molar-refractivity contribution in [3.63, 3.8) is 0 Å². The third kappa shape index (κ3) is 4.01. The number of nitrogens with zero attached hydrogens (tertiary/aromatic N) is 1. The zero-order chi connectivity index (χ0) is 22.7. The first-order chi connectivity index (χ1) is 15.6. The second-order valence-electron chi connectivity index (χ2n) is 7.17. The second kappa shape index (κ2) is 9.09. The van der Waals surface area contributed by atoms with Crippen molar-refractivity contribution >= 4 is 11.4 Å². The van der Waals surface area contributed by atoms with E-state index >= 15 is 0 Å². The van der Waals surface area contributed by atoms with Gasteiger partial charge in [0.1, 0.15) is 11.6 Å². The molecule has 3 aromatic rings. The van der Waals surface area contributed by atoms with Crippen LogP contribution in [0.3, 0.4) is 0 Å². The summed E-state index contributed by atoms with van der Waals surface area (Å²) < 4.78 is 35.4. The Labute approximate surface area is 186 Å². The largest absolute Gasteiger partial charge is 0.497 e. The Balaban J connectivity index is 1.80. The molecule has 32 heavy (non-hydrogen) atoms. The van der Waals surface area contributed by atoms with Crippen LogP contribution < -0.4 is 29.4 Å². The zero-order valence-corrected chi connectivity index (χ0v) is 18.4. The van der Waals surface area contributed by atoms with Gasteiger partial charge in [0, 0.05) is 0 Å². The maximum atomic E-state index is 13.6. The molecular weight excluding hydrogens is 411 g/mol. The number of methoxy groups -OCH3 is 4. The number of hydrogen-bond donors (Lipinski definition) is 1. The fraction of sp³-hybridized carbons (Fsp3) is 0.200. The molecule has 0 aliphatic carbocycles. The van der Waals surface area contributed by atoms with Gasteiger partial charge in [-0.1, -0.05) is 0 Å². The molecule has 0 saturated carbocycles. The molecule has 3 aromatic carbocycles. The average Bonchev–Trinajstić information content (AvgIpc) is 3.29. The van der Waals surface area contributed by atoms with Crippen molar-refractivity contribution in [2.45, 2.75) is 6.04 Å². The van der Waals surface area contributed by atoms with Crippen LogP contribution in [0.2, 0.25) is 0 Å². The summed E-state index contributed by atoms with van der Waals surface area (Å²) in [6.07, 6.45) is 2.10. The minimum atomic E-state index is -0.291. The highest BCUT2D eigenvalue weighted by Gasteiger charge is 2.29. The molecule has 0 radical (unpaired) electrons. The van der Waals surface area contributed by atoms with Gasteiger partial charge in [-0.05, 0) is 77.9 Å². The van der Waals surface area contributed by atoms with E-state index in [2.05, 4.69) is 11.5 Å². The van der Waals surface area contributed by atoms with Crippen LogP contribution in [-0.4, -0.2) is 28.4 Å². The van der Waals surface area contributed by atoms with Gasteiger partial charge in [-0.3, -0.25) is 10.4 Å². The van der Waals surface area contributed by atoms with E-state index in [0.29, 0.717) is 17.2 Å². The number of hydrogen-bond acceptors (Lipinski definition) is 6. The highest BCUT2D eigenvalue weighted by molar-refractivity contribution is 5.73. The maximum absolute atomic E-state index is 13.6. The molecule has 1 N–H and O–H groups in total. The van der Waals surface area contributed by atoms with Crippen LogP contribution in [0.1, 0.15) is 17.2 Å². The smallest absolute Gasteiger partial charge is 0.203 e. The Morgan fingerprint density at radius 1 is 0.781 bits per heavy atom. The molecule has 0 aromatic heterocycles. The molecule has 1 unspecified atom stereocenters. The standard InChI is InChI=1S/C25H25FN2O4/c1-29-20-11-5-16(6-12-20)21-15-22(28(27-21)19-9-7-18(26)8-10-19)17-13-23(30-2)25(32-4)24(14-17)31-3/h5-15,22,27H,1-4H3. The molecule has 0 saturated heterocycles. The number of rotatable bonds is 7. The van der Waals surface area contributed by atoms with Crippen molar-refractivity contribution < 1.29 is 23.3 Å². The van der Waals surface area contributed by atoms with Gasteiger partial charge in [-0.15, -0.1) is 0 Å². The van der Waals surface area contributed by atoms with Crippen molar-refractivity contribution in [1.29, 1.82) is 0 Å². The van der Waals surface area contributed by atoms with Gasteiger partial charge in [0.15, 0.2) is 11.5 Å². The molecule has 1 aliphatic rings. The number of hydrazine groups is 1. The van der Waals surface area contributed by atoms with Gasteiger partial charge in [-0.25, -0.2) is 4.39 Å². The quantitative estimate of drug-likeness (QED) is 0.565. The van der Waals surface area contributed by atoms with Crippen LogP contribution in [0.5, 0.6) is 23.0 Å². The summed E-state index contributed by atoms with van der Waals surface area (Å²) in [6.45, 7) is 0. The summed E-state index contributed by atoms with van der Waals surface area (Å²) in [5.74, 6) is 2.14. The molecule has 6 nitrogen and oxygen atoms in total. The third-order valence-electron chi connectivity index (χ3n) is 5.38. The van der Waals surface area contributed by atoms with E-state index in [-0.39, 0.29) is 11.9 Å². The van der Waals surface area contributed by atoms with Crippen molar-refractivity contribution in [2.24, 2.45) is 0 Å². The van der Waals surface area contributed by atoms with Crippen LogP contribution in [0.4, 0.5) is 10.1 Å². The lowest BCUT2D eigenvalue weighted by molar-refractivity contribution is 0.323. The Hall–Kier alpha value is -3.87. The van der Waals surface area contributed by atoms with E-state index in [1.807, 2.05) is 41.4 Å². The number of ether oxygens (including phenoxy) is 4. The molecule has 0 spiro atoms. The Morgan fingerprint density at radius 3 is 1.94 bits per heavy atom. The van der Waals surface area contributed by atoms with Crippen LogP contribution in [0.25, 0.3) is 5.70 Å². The van der Waals surface area contributed by atoms with E-state index in [4.69, 9.17) is 18.9 Å². The van der Waals surface area contributed by atoms with Gasteiger partial charge in [-0.2, -0.15) is 0 Å². The molecular formula is C25H25FN2O4. The Morgan fingerprint density at radius 2 is 1.41 bits per heavy atom. The van der Waals surface area contributed by atoms with Crippen molar-refractivity contribution in [3.05, 3.63) is 83.7 Å². The SMILES string of the molecule is COc1ccc(C2=CC(c3cc(OC)c(OC)c(OC)c3)N(c3ccc(F)cc3)N2)cc1. The van der Waals surface area contributed by atoms with Crippen LogP contribution in [-0.2, 0) is 0 Å². The number of benzene rings is 3. The van der Waals surface area contributed by atoms with E-state index in [1.165, 1.54) is 12.1 Å². The summed E-state index contributed by atoms with van der Waals surface area (Å²) in [4.78, 5) is 0. The Bertz CT molecular complexity index is 1090. The molecule has 1 heterocycles. The maximum Gasteiger partial charge on any atom is 0.203 e. The molecule has 7 heteroatoms. The van der Waals surface area contributed by atoms with Gasteiger partial charge < -0.3 is 18.9 Å². The van der Waals surface area contributed by atoms with Crippen LogP contribution in [0, 0.1) is 5.82 Å². The normalized spacial score (nSPS) is 15.1. The predicted octanol–water partition coefficient (Wildman–Crippen LogP) is 4.97. The number of nitrogens with one attached hydrogen (secondary N) is 1. The molecule has 0 fully saturated rings. The van der Waals surface area contributed by atoms with E-state index < -0.39 is 0 Å². The summed E-state index contributed by atoms with van der Waals surface area (Å²) in [7, 11) is 6.39. The van der Waals surface area contributed by atoms with E-state index in [1.54, 1.807) is 40.6 Å². The minimum Gasteiger partial charge on any atom is -0.497 e. The second-order valence-corrected chi connectivity index (χ2v) is 7.17. The lowest BCUT2D eigenvalue weighted by Crippen LogP contribution is -2.34. The molecule has 0 amide bonds. The number of halogens is 1. The third-order valence-corrected chi connectivity index (χ3v) is 5.38. The molecule has 1 atom stereocenters. The van der Waals surface area contributed by atoms with Crippen molar-refractivity contribution in [1.82, 2.24) is 5.43 Å². The minimum absolute atomic E-state index is 0.216. The first-order valence-corrected chi connectivity index (χ1v) is 10.1. The molecule has 4 rings (SSSR count). The zero-order valence-electron chi connectivity index (χ0n) is 18.4. The summed E-state index contributed by atoms with van der Waals surface area (Å²) in [5.41, 5.74) is 7.08. The Kier molecular flexibility index (Phi) is 6.07. The number of anilines is 1. The highest BCUT2D eigenvalue weighted by Crippen LogP contribution is 2.43. The van der Waals surface area contributed by atoms with Gasteiger partial charge in [0.2, 0.25) is 5.75 Å². The van der Waals surface area contributed by atoms with Crippen LogP contribution >= 0.6 is 0 Å².